The highest BCUT2D eigenvalue weighted by molar-refractivity contribution is 9.13. The SMILES string of the molecule is NC(c1cc(Br)c(Br)s1)c1cc(C(F)(F)F)ccc1F. The van der Waals surface area contributed by atoms with Crippen molar-refractivity contribution >= 4 is 43.2 Å². The molecule has 0 spiro atoms. The molecule has 0 saturated heterocycles. The lowest BCUT2D eigenvalue weighted by molar-refractivity contribution is -0.137. The maximum atomic E-state index is 13.7. The minimum absolute atomic E-state index is 0.180. The molecule has 2 rings (SSSR count). The molecule has 0 radical (unpaired) electrons. The van der Waals surface area contributed by atoms with Crippen LogP contribution in [0.4, 0.5) is 17.6 Å². The fourth-order valence-corrected chi connectivity index (χ4v) is 3.74. The number of halogens is 6. The fraction of sp³-hybridized carbons (Fsp3) is 0.167. The number of nitrogens with two attached hydrogens (primary N) is 1. The Labute approximate surface area is 133 Å². The molecule has 0 fully saturated rings. The maximum Gasteiger partial charge on any atom is 0.416 e. The summed E-state index contributed by atoms with van der Waals surface area (Å²) in [7, 11) is 0. The highest BCUT2D eigenvalue weighted by Gasteiger charge is 2.32. The molecular formula is C12H7Br2F4NS. The number of thiophene rings is 1. The number of benzene rings is 1. The van der Waals surface area contributed by atoms with Gasteiger partial charge in [-0.05, 0) is 56.1 Å². The second-order valence-corrected chi connectivity index (χ2v) is 7.24. The van der Waals surface area contributed by atoms with Gasteiger partial charge in [-0.3, -0.25) is 0 Å². The third kappa shape index (κ3) is 3.24. The first kappa shape index (κ1) is 15.9. The molecule has 1 aromatic carbocycles. The third-order valence-electron chi connectivity index (χ3n) is 2.63. The van der Waals surface area contributed by atoms with Gasteiger partial charge in [-0.15, -0.1) is 11.3 Å². The van der Waals surface area contributed by atoms with Gasteiger partial charge in [-0.25, -0.2) is 4.39 Å². The topological polar surface area (TPSA) is 26.0 Å². The quantitative estimate of drug-likeness (QED) is 0.625. The summed E-state index contributed by atoms with van der Waals surface area (Å²) in [5.74, 6) is -0.758. The van der Waals surface area contributed by atoms with Gasteiger partial charge in [-0.1, -0.05) is 0 Å². The van der Waals surface area contributed by atoms with E-state index in [0.717, 1.165) is 20.4 Å². The molecule has 1 aromatic heterocycles. The Hall–Kier alpha value is -0.440. The number of hydrogen-bond acceptors (Lipinski definition) is 2. The number of rotatable bonds is 2. The van der Waals surface area contributed by atoms with Crippen LogP contribution in [0.5, 0.6) is 0 Å². The monoisotopic (exact) mass is 431 g/mol. The van der Waals surface area contributed by atoms with Crippen molar-refractivity contribution in [2.45, 2.75) is 12.2 Å². The van der Waals surface area contributed by atoms with E-state index in [1.54, 1.807) is 6.07 Å². The summed E-state index contributed by atoms with van der Waals surface area (Å²) in [5, 5.41) is 0. The predicted molar refractivity (Wildman–Crippen MR) is 77.2 cm³/mol. The Balaban J connectivity index is 2.46. The summed E-state index contributed by atoms with van der Waals surface area (Å²) in [6, 6.07) is 2.94. The van der Waals surface area contributed by atoms with E-state index >= 15 is 0 Å². The molecule has 0 bridgehead atoms. The van der Waals surface area contributed by atoms with Crippen LogP contribution < -0.4 is 5.73 Å². The van der Waals surface area contributed by atoms with Crippen molar-refractivity contribution in [2.75, 3.05) is 0 Å². The molecule has 8 heteroatoms. The van der Waals surface area contributed by atoms with Gasteiger partial charge < -0.3 is 5.73 Å². The first-order chi connectivity index (χ1) is 9.20. The molecule has 0 aliphatic rings. The Bertz CT molecular complexity index is 619. The predicted octanol–water partition coefficient (Wildman–Crippen LogP) is 5.48. The van der Waals surface area contributed by atoms with Crippen molar-refractivity contribution in [1.29, 1.82) is 0 Å². The Morgan fingerprint density at radius 3 is 2.30 bits per heavy atom. The molecule has 0 saturated carbocycles. The molecule has 2 aromatic rings. The van der Waals surface area contributed by atoms with Crippen molar-refractivity contribution in [3.8, 4) is 0 Å². The van der Waals surface area contributed by atoms with Crippen LogP contribution in [-0.2, 0) is 6.18 Å². The molecule has 0 aliphatic heterocycles. The van der Waals surface area contributed by atoms with Gasteiger partial charge in [0.05, 0.1) is 15.4 Å². The minimum atomic E-state index is -4.53. The number of hydrogen-bond donors (Lipinski definition) is 1. The van der Waals surface area contributed by atoms with Crippen LogP contribution in [0.3, 0.4) is 0 Å². The average molecular weight is 433 g/mol. The Kier molecular flexibility index (Phi) is 4.58. The molecule has 1 unspecified atom stereocenters. The molecule has 0 aliphatic carbocycles. The third-order valence-corrected chi connectivity index (χ3v) is 5.97. The number of alkyl halides is 3. The second kappa shape index (κ2) is 5.75. The molecule has 1 nitrogen and oxygen atoms in total. The first-order valence-electron chi connectivity index (χ1n) is 5.27. The van der Waals surface area contributed by atoms with Crippen LogP contribution in [-0.4, -0.2) is 0 Å². The normalized spacial score (nSPS) is 13.6. The molecule has 108 valence electrons. The van der Waals surface area contributed by atoms with Crippen molar-refractivity contribution in [1.82, 2.24) is 0 Å². The van der Waals surface area contributed by atoms with E-state index < -0.39 is 23.6 Å². The highest BCUT2D eigenvalue weighted by Crippen LogP contribution is 2.38. The summed E-state index contributed by atoms with van der Waals surface area (Å²) in [6.07, 6.45) is -4.53. The van der Waals surface area contributed by atoms with E-state index in [1.165, 1.54) is 11.3 Å². The standard InChI is InChI=1S/C12H7Br2F4NS/c13-7-4-9(20-11(7)14)10(19)6-3-5(12(16,17)18)1-2-8(6)15/h1-4,10H,19H2. The van der Waals surface area contributed by atoms with E-state index in [-0.39, 0.29) is 5.56 Å². The smallest absolute Gasteiger partial charge is 0.320 e. The van der Waals surface area contributed by atoms with Gasteiger partial charge in [0.15, 0.2) is 0 Å². The lowest BCUT2D eigenvalue weighted by atomic mass is 10.0. The van der Waals surface area contributed by atoms with Crippen LogP contribution in [0.1, 0.15) is 22.0 Å². The highest BCUT2D eigenvalue weighted by atomic mass is 79.9. The summed E-state index contributed by atoms with van der Waals surface area (Å²) in [6.45, 7) is 0. The maximum absolute atomic E-state index is 13.7. The van der Waals surface area contributed by atoms with Crippen LogP contribution in [0.15, 0.2) is 32.5 Å². The van der Waals surface area contributed by atoms with Gasteiger partial charge in [0.2, 0.25) is 0 Å². The fourth-order valence-electron chi connectivity index (χ4n) is 1.63. The van der Waals surface area contributed by atoms with Gasteiger partial charge >= 0.3 is 6.18 Å². The zero-order valence-corrected chi connectivity index (χ0v) is 13.6. The van der Waals surface area contributed by atoms with Crippen LogP contribution in [0.2, 0.25) is 0 Å². The van der Waals surface area contributed by atoms with E-state index in [9.17, 15) is 17.6 Å². The second-order valence-electron chi connectivity index (χ2n) is 3.98. The van der Waals surface area contributed by atoms with Crippen molar-refractivity contribution in [3.05, 3.63) is 54.3 Å². The van der Waals surface area contributed by atoms with Crippen molar-refractivity contribution in [2.24, 2.45) is 5.73 Å². The van der Waals surface area contributed by atoms with Gasteiger partial charge in [0.25, 0.3) is 0 Å². The lowest BCUT2D eigenvalue weighted by Gasteiger charge is -2.14. The molecule has 0 amide bonds. The first-order valence-corrected chi connectivity index (χ1v) is 7.67. The molecular weight excluding hydrogens is 426 g/mol. The zero-order chi connectivity index (χ0) is 15.1. The molecule has 2 N–H and O–H groups in total. The molecule has 1 heterocycles. The van der Waals surface area contributed by atoms with E-state index in [2.05, 4.69) is 31.9 Å². The Morgan fingerprint density at radius 2 is 1.80 bits per heavy atom. The van der Waals surface area contributed by atoms with E-state index in [4.69, 9.17) is 5.73 Å². The summed E-state index contributed by atoms with van der Waals surface area (Å²) >= 11 is 7.76. The van der Waals surface area contributed by atoms with Crippen LogP contribution in [0.25, 0.3) is 0 Å². The minimum Gasteiger partial charge on any atom is -0.320 e. The molecule has 1 atom stereocenters. The molecule has 20 heavy (non-hydrogen) atoms. The van der Waals surface area contributed by atoms with Crippen LogP contribution in [0, 0.1) is 5.82 Å². The van der Waals surface area contributed by atoms with Gasteiger partial charge in [0, 0.05) is 14.9 Å². The van der Waals surface area contributed by atoms with Gasteiger partial charge in [-0.2, -0.15) is 13.2 Å². The Morgan fingerprint density at radius 1 is 1.15 bits per heavy atom. The van der Waals surface area contributed by atoms with Gasteiger partial charge in [0.1, 0.15) is 5.82 Å². The van der Waals surface area contributed by atoms with E-state index in [0.29, 0.717) is 10.9 Å². The summed E-state index contributed by atoms with van der Waals surface area (Å²) in [5.41, 5.74) is 4.78. The van der Waals surface area contributed by atoms with Crippen molar-refractivity contribution < 1.29 is 17.6 Å². The lowest BCUT2D eigenvalue weighted by Crippen LogP contribution is -2.14. The average Bonchev–Trinajstić information content (AvgIpc) is 2.68. The largest absolute Gasteiger partial charge is 0.416 e. The summed E-state index contributed by atoms with van der Waals surface area (Å²) < 4.78 is 53.2. The van der Waals surface area contributed by atoms with E-state index in [1.807, 2.05) is 0 Å². The summed E-state index contributed by atoms with van der Waals surface area (Å²) in [4.78, 5) is 0.557. The van der Waals surface area contributed by atoms with Crippen LogP contribution >= 0.6 is 43.2 Å². The van der Waals surface area contributed by atoms with Crippen molar-refractivity contribution in [3.63, 3.8) is 0 Å². The zero-order valence-electron chi connectivity index (χ0n) is 9.64.